The maximum absolute atomic E-state index is 4.19. The van der Waals surface area contributed by atoms with Crippen molar-refractivity contribution in [1.82, 2.24) is 10.3 Å². The Labute approximate surface area is 121 Å². The third-order valence-corrected chi connectivity index (χ3v) is 4.20. The molecule has 2 heterocycles. The first kappa shape index (κ1) is 13.7. The summed E-state index contributed by atoms with van der Waals surface area (Å²) in [6, 6.07) is 6.88. The topological polar surface area (TPSA) is 24.9 Å². The van der Waals surface area contributed by atoms with Crippen molar-refractivity contribution in [2.24, 2.45) is 0 Å². The summed E-state index contributed by atoms with van der Waals surface area (Å²) in [5.74, 6) is 0. The summed E-state index contributed by atoms with van der Waals surface area (Å²) in [6.45, 7) is 3.08. The highest BCUT2D eigenvalue weighted by Crippen LogP contribution is 2.23. The van der Waals surface area contributed by atoms with Crippen molar-refractivity contribution >= 4 is 27.3 Å². The van der Waals surface area contributed by atoms with Crippen LogP contribution >= 0.6 is 27.3 Å². The zero-order valence-electron chi connectivity index (χ0n) is 10.4. The van der Waals surface area contributed by atoms with Crippen LogP contribution in [0.5, 0.6) is 0 Å². The lowest BCUT2D eigenvalue weighted by atomic mass is 10.1. The van der Waals surface area contributed by atoms with Crippen molar-refractivity contribution in [2.75, 3.05) is 0 Å². The van der Waals surface area contributed by atoms with Crippen LogP contribution in [0.1, 0.15) is 36.2 Å². The number of thiophene rings is 1. The number of rotatable bonds is 6. The summed E-state index contributed by atoms with van der Waals surface area (Å²) in [4.78, 5) is 5.60. The van der Waals surface area contributed by atoms with Crippen molar-refractivity contribution in [3.05, 3.63) is 50.9 Å². The number of hydrogen-bond donors (Lipinski definition) is 1. The highest BCUT2D eigenvalue weighted by molar-refractivity contribution is 9.10. The van der Waals surface area contributed by atoms with Gasteiger partial charge in [0, 0.05) is 34.3 Å². The van der Waals surface area contributed by atoms with Gasteiger partial charge in [0.25, 0.3) is 0 Å². The van der Waals surface area contributed by atoms with E-state index in [9.17, 15) is 0 Å². The van der Waals surface area contributed by atoms with E-state index in [1.807, 2.05) is 23.7 Å². The van der Waals surface area contributed by atoms with Crippen LogP contribution < -0.4 is 5.32 Å². The predicted molar refractivity (Wildman–Crippen MR) is 80.7 cm³/mol. The van der Waals surface area contributed by atoms with Gasteiger partial charge >= 0.3 is 0 Å². The van der Waals surface area contributed by atoms with E-state index < -0.39 is 0 Å². The third kappa shape index (κ3) is 3.90. The van der Waals surface area contributed by atoms with E-state index in [-0.39, 0.29) is 0 Å². The summed E-state index contributed by atoms with van der Waals surface area (Å²) in [7, 11) is 0. The second-order valence-electron chi connectivity index (χ2n) is 4.25. The van der Waals surface area contributed by atoms with Gasteiger partial charge in [-0.05, 0) is 45.4 Å². The molecule has 4 heteroatoms. The van der Waals surface area contributed by atoms with Gasteiger partial charge in [-0.1, -0.05) is 19.4 Å². The lowest BCUT2D eigenvalue weighted by molar-refractivity contribution is 0.500. The number of pyridine rings is 1. The Bertz CT molecular complexity index is 470. The molecule has 0 bridgehead atoms. The van der Waals surface area contributed by atoms with Crippen LogP contribution in [-0.4, -0.2) is 4.98 Å². The Morgan fingerprint density at radius 3 is 3.00 bits per heavy atom. The number of aromatic nitrogens is 1. The first-order chi connectivity index (χ1) is 8.79. The molecule has 1 unspecified atom stereocenters. The van der Waals surface area contributed by atoms with Crippen molar-refractivity contribution in [1.29, 1.82) is 0 Å². The average molecular weight is 325 g/mol. The second kappa shape index (κ2) is 7.02. The summed E-state index contributed by atoms with van der Waals surface area (Å²) >= 11 is 5.27. The Balaban J connectivity index is 1.98. The standard InChI is InChI=1S/C14H17BrN2S/c1-2-4-13(14-5-3-6-18-14)17-9-11-7-12(15)10-16-8-11/h3,5-8,10,13,17H,2,4,9H2,1H3. The first-order valence-corrected chi connectivity index (χ1v) is 7.83. The van der Waals surface area contributed by atoms with Crippen molar-refractivity contribution in [3.63, 3.8) is 0 Å². The summed E-state index contributed by atoms with van der Waals surface area (Å²) in [5, 5.41) is 5.76. The van der Waals surface area contributed by atoms with E-state index in [2.05, 4.69) is 56.7 Å². The number of nitrogens with zero attached hydrogens (tertiary/aromatic N) is 1. The van der Waals surface area contributed by atoms with E-state index in [1.165, 1.54) is 23.3 Å². The fourth-order valence-corrected chi connectivity index (χ4v) is 3.17. The number of hydrogen-bond acceptors (Lipinski definition) is 3. The monoisotopic (exact) mass is 324 g/mol. The van der Waals surface area contributed by atoms with Gasteiger partial charge in [0.05, 0.1) is 0 Å². The van der Waals surface area contributed by atoms with Crippen LogP contribution in [0.4, 0.5) is 0 Å². The molecule has 0 saturated heterocycles. The summed E-state index contributed by atoms with van der Waals surface area (Å²) in [5.41, 5.74) is 1.21. The lowest BCUT2D eigenvalue weighted by Gasteiger charge is -2.16. The van der Waals surface area contributed by atoms with Gasteiger partial charge in [0.15, 0.2) is 0 Å². The van der Waals surface area contributed by atoms with Crippen LogP contribution in [0.3, 0.4) is 0 Å². The Morgan fingerprint density at radius 2 is 2.33 bits per heavy atom. The smallest absolute Gasteiger partial charge is 0.0417 e. The highest BCUT2D eigenvalue weighted by Gasteiger charge is 2.10. The fraction of sp³-hybridized carbons (Fsp3) is 0.357. The first-order valence-electron chi connectivity index (χ1n) is 6.16. The molecule has 0 spiro atoms. The van der Waals surface area contributed by atoms with Crippen molar-refractivity contribution < 1.29 is 0 Å². The summed E-state index contributed by atoms with van der Waals surface area (Å²) < 4.78 is 1.03. The molecular weight excluding hydrogens is 308 g/mol. The maximum atomic E-state index is 4.19. The molecule has 2 rings (SSSR count). The molecule has 96 valence electrons. The van der Waals surface area contributed by atoms with E-state index in [1.54, 1.807) is 0 Å². The zero-order chi connectivity index (χ0) is 12.8. The molecule has 0 aromatic carbocycles. The van der Waals surface area contributed by atoms with Gasteiger partial charge in [-0.25, -0.2) is 0 Å². The summed E-state index contributed by atoms with van der Waals surface area (Å²) in [6.07, 6.45) is 6.08. The number of halogens is 1. The molecule has 1 atom stereocenters. The molecule has 0 radical (unpaired) electrons. The largest absolute Gasteiger partial charge is 0.305 e. The van der Waals surface area contributed by atoms with Gasteiger partial charge in [0.1, 0.15) is 0 Å². The van der Waals surface area contributed by atoms with Crippen LogP contribution in [0.2, 0.25) is 0 Å². The van der Waals surface area contributed by atoms with E-state index in [4.69, 9.17) is 0 Å². The molecule has 0 aliphatic heterocycles. The second-order valence-corrected chi connectivity index (χ2v) is 6.14. The molecule has 1 N–H and O–H groups in total. The molecule has 0 amide bonds. The minimum Gasteiger partial charge on any atom is -0.305 e. The van der Waals surface area contributed by atoms with Gasteiger partial charge in [0.2, 0.25) is 0 Å². The number of nitrogens with one attached hydrogen (secondary N) is 1. The molecule has 0 aliphatic carbocycles. The molecule has 2 nitrogen and oxygen atoms in total. The molecule has 2 aromatic rings. The maximum Gasteiger partial charge on any atom is 0.0417 e. The quantitative estimate of drug-likeness (QED) is 0.843. The third-order valence-electron chi connectivity index (χ3n) is 2.78. The molecule has 0 fully saturated rings. The normalized spacial score (nSPS) is 12.6. The van der Waals surface area contributed by atoms with Crippen molar-refractivity contribution in [3.8, 4) is 0 Å². The molecule has 2 aromatic heterocycles. The van der Waals surface area contributed by atoms with E-state index in [0.717, 1.165) is 11.0 Å². The Kier molecular flexibility index (Phi) is 5.35. The van der Waals surface area contributed by atoms with Crippen molar-refractivity contribution in [2.45, 2.75) is 32.4 Å². The van der Waals surface area contributed by atoms with Gasteiger partial charge < -0.3 is 5.32 Å². The molecule has 18 heavy (non-hydrogen) atoms. The van der Waals surface area contributed by atoms with Gasteiger partial charge in [-0.15, -0.1) is 11.3 Å². The molecular formula is C14H17BrN2S. The molecule has 0 aliphatic rings. The van der Waals surface area contributed by atoms with E-state index >= 15 is 0 Å². The average Bonchev–Trinajstić information content (AvgIpc) is 2.88. The van der Waals surface area contributed by atoms with Crippen LogP contribution in [-0.2, 0) is 6.54 Å². The van der Waals surface area contributed by atoms with Crippen LogP contribution in [0.25, 0.3) is 0 Å². The minimum atomic E-state index is 0.453. The predicted octanol–water partition coefficient (Wildman–Crippen LogP) is 4.54. The SMILES string of the molecule is CCCC(NCc1cncc(Br)c1)c1cccs1. The highest BCUT2D eigenvalue weighted by atomic mass is 79.9. The fourth-order valence-electron chi connectivity index (χ4n) is 1.92. The Hall–Kier alpha value is -0.710. The zero-order valence-corrected chi connectivity index (χ0v) is 12.8. The minimum absolute atomic E-state index is 0.453. The molecule has 0 saturated carbocycles. The van der Waals surface area contributed by atoms with Gasteiger partial charge in [-0.3, -0.25) is 4.98 Å². The van der Waals surface area contributed by atoms with Crippen LogP contribution in [0.15, 0.2) is 40.4 Å². The van der Waals surface area contributed by atoms with Gasteiger partial charge in [-0.2, -0.15) is 0 Å². The van der Waals surface area contributed by atoms with Crippen LogP contribution in [0, 0.1) is 0 Å². The van der Waals surface area contributed by atoms with E-state index in [0.29, 0.717) is 6.04 Å². The Morgan fingerprint density at radius 1 is 1.44 bits per heavy atom. The lowest BCUT2D eigenvalue weighted by Crippen LogP contribution is -2.20.